The molecule has 0 aliphatic carbocycles. The molecule has 2 aliphatic heterocycles. The van der Waals surface area contributed by atoms with Crippen LogP contribution in [0.25, 0.3) is 0 Å². The lowest BCUT2D eigenvalue weighted by molar-refractivity contribution is -0.130. The van der Waals surface area contributed by atoms with Gasteiger partial charge >= 0.3 is 0 Å². The number of likely N-dealkylation sites (tertiary alicyclic amines) is 1. The van der Waals surface area contributed by atoms with Crippen molar-refractivity contribution in [2.75, 3.05) is 39.0 Å². The first-order valence-corrected chi connectivity index (χ1v) is 11.2. The van der Waals surface area contributed by atoms with Crippen molar-refractivity contribution in [1.82, 2.24) is 19.8 Å². The van der Waals surface area contributed by atoms with Crippen molar-refractivity contribution >= 4 is 11.7 Å². The summed E-state index contributed by atoms with van der Waals surface area (Å²) in [5.74, 6) is 1.99. The highest BCUT2D eigenvalue weighted by atomic mass is 19.1. The summed E-state index contributed by atoms with van der Waals surface area (Å²) in [6.45, 7) is 5.08. The minimum Gasteiger partial charge on any atom is -0.373 e. The van der Waals surface area contributed by atoms with Gasteiger partial charge in [0.15, 0.2) is 0 Å². The van der Waals surface area contributed by atoms with E-state index in [0.29, 0.717) is 18.5 Å². The summed E-state index contributed by atoms with van der Waals surface area (Å²) in [7, 11) is 4.03. The average Bonchev–Trinajstić information content (AvgIpc) is 3.25. The fourth-order valence-electron chi connectivity index (χ4n) is 4.63. The van der Waals surface area contributed by atoms with E-state index in [9.17, 15) is 9.18 Å². The maximum absolute atomic E-state index is 13.4. The van der Waals surface area contributed by atoms with Crippen LogP contribution in [0.3, 0.4) is 0 Å². The van der Waals surface area contributed by atoms with Crippen LogP contribution < -0.4 is 5.32 Å². The monoisotopic (exact) mass is 425 g/mol. The highest BCUT2D eigenvalue weighted by molar-refractivity contribution is 5.76. The smallest absolute Gasteiger partial charge is 0.222 e. The Morgan fingerprint density at radius 2 is 2.13 bits per heavy atom. The van der Waals surface area contributed by atoms with Crippen molar-refractivity contribution in [3.05, 3.63) is 52.2 Å². The largest absolute Gasteiger partial charge is 0.373 e. The molecule has 0 unspecified atom stereocenters. The molecule has 0 radical (unpaired) electrons. The van der Waals surface area contributed by atoms with Crippen LogP contribution in [0.1, 0.15) is 53.4 Å². The highest BCUT2D eigenvalue weighted by Crippen LogP contribution is 2.30. The van der Waals surface area contributed by atoms with Crippen LogP contribution in [-0.2, 0) is 24.2 Å². The second kappa shape index (κ2) is 9.30. The second-order valence-corrected chi connectivity index (χ2v) is 8.86. The highest BCUT2D eigenvalue weighted by Gasteiger charge is 2.30. The number of aromatic nitrogens is 2. The number of nitrogens with one attached hydrogen (secondary N) is 1. The molecule has 1 atom stereocenters. The van der Waals surface area contributed by atoms with Crippen LogP contribution in [0, 0.1) is 12.7 Å². The zero-order valence-electron chi connectivity index (χ0n) is 18.7. The molecule has 1 aromatic carbocycles. The van der Waals surface area contributed by atoms with Crippen molar-refractivity contribution in [1.29, 1.82) is 0 Å². The maximum atomic E-state index is 13.4. The van der Waals surface area contributed by atoms with Gasteiger partial charge in [0.05, 0.1) is 5.69 Å². The van der Waals surface area contributed by atoms with Gasteiger partial charge in [0.2, 0.25) is 5.91 Å². The summed E-state index contributed by atoms with van der Waals surface area (Å²) in [5, 5.41) is 3.24. The second-order valence-electron chi connectivity index (χ2n) is 8.86. The van der Waals surface area contributed by atoms with Crippen LogP contribution in [0.2, 0.25) is 0 Å². The van der Waals surface area contributed by atoms with Crippen molar-refractivity contribution in [2.45, 2.75) is 51.5 Å². The van der Waals surface area contributed by atoms with Gasteiger partial charge in [0.1, 0.15) is 17.5 Å². The number of carbonyl (C=O) groups excluding carboxylic acids is 1. The molecule has 1 N–H and O–H groups in total. The lowest BCUT2D eigenvalue weighted by Crippen LogP contribution is -2.30. The molecule has 0 spiro atoms. The zero-order valence-corrected chi connectivity index (χ0v) is 18.7. The summed E-state index contributed by atoms with van der Waals surface area (Å²) < 4.78 is 13.4. The third-order valence-electron chi connectivity index (χ3n) is 6.49. The molecule has 0 saturated carbocycles. The summed E-state index contributed by atoms with van der Waals surface area (Å²) >= 11 is 0. The average molecular weight is 426 g/mol. The maximum Gasteiger partial charge on any atom is 0.222 e. The van der Waals surface area contributed by atoms with E-state index in [1.165, 1.54) is 11.6 Å². The molecule has 0 bridgehead atoms. The van der Waals surface area contributed by atoms with E-state index in [4.69, 9.17) is 9.97 Å². The van der Waals surface area contributed by atoms with Crippen LogP contribution >= 0.6 is 0 Å². The predicted octanol–water partition coefficient (Wildman–Crippen LogP) is 3.29. The van der Waals surface area contributed by atoms with Gasteiger partial charge in [-0.25, -0.2) is 14.4 Å². The van der Waals surface area contributed by atoms with E-state index in [1.54, 1.807) is 6.92 Å². The molecule has 2 aromatic rings. The van der Waals surface area contributed by atoms with Crippen molar-refractivity contribution in [3.8, 4) is 0 Å². The zero-order chi connectivity index (χ0) is 22.0. The number of aryl methyl sites for hydroxylation is 2. The van der Waals surface area contributed by atoms with Gasteiger partial charge in [-0.05, 0) is 56.8 Å². The summed E-state index contributed by atoms with van der Waals surface area (Å²) in [6.07, 6.45) is 3.94. The molecule has 166 valence electrons. The fourth-order valence-corrected chi connectivity index (χ4v) is 4.63. The van der Waals surface area contributed by atoms with Gasteiger partial charge < -0.3 is 15.1 Å². The molecule has 6 nitrogen and oxygen atoms in total. The Balaban J connectivity index is 1.35. The van der Waals surface area contributed by atoms with Crippen molar-refractivity contribution in [3.63, 3.8) is 0 Å². The number of fused-ring (bicyclic) bond motifs is 1. The molecule has 7 heteroatoms. The third-order valence-corrected chi connectivity index (χ3v) is 6.49. The third kappa shape index (κ3) is 4.87. The Morgan fingerprint density at radius 1 is 1.29 bits per heavy atom. The minimum absolute atomic E-state index is 0.180. The number of halogens is 1. The SMILES string of the molecule is CNc1nc([C@@H]2CCN(C(=O)CCCc3ccc(F)c(C)c3)C2)nc2c1CCN(C)C2. The standard InChI is InChI=1S/C24H32FN5O/c1-16-13-17(7-8-20(16)25)5-4-6-22(31)30-12-9-18(14-30)23-27-21-15-29(3)11-10-19(21)24(26-2)28-23/h7-8,13,18H,4-6,9-12,14-15H2,1-3H3,(H,26,27,28)/t18-/m1/s1. The molecular weight excluding hydrogens is 393 g/mol. The molecule has 1 amide bonds. The Kier molecular flexibility index (Phi) is 6.51. The minimum atomic E-state index is -0.180. The van der Waals surface area contributed by atoms with Crippen LogP contribution in [0.5, 0.6) is 0 Å². The Labute approximate surface area is 183 Å². The molecular formula is C24H32FN5O. The number of hydrogen-bond acceptors (Lipinski definition) is 5. The number of hydrogen-bond donors (Lipinski definition) is 1. The van der Waals surface area contributed by atoms with E-state index in [-0.39, 0.29) is 17.6 Å². The topological polar surface area (TPSA) is 61.4 Å². The van der Waals surface area contributed by atoms with Gasteiger partial charge in [-0.1, -0.05) is 12.1 Å². The quantitative estimate of drug-likeness (QED) is 0.770. The van der Waals surface area contributed by atoms with E-state index < -0.39 is 0 Å². The number of amides is 1. The van der Waals surface area contributed by atoms with Crippen LogP contribution in [-0.4, -0.2) is 59.4 Å². The fraction of sp³-hybridized carbons (Fsp3) is 0.542. The molecule has 1 aromatic heterocycles. The molecule has 1 fully saturated rings. The number of likely N-dealkylation sites (N-methyl/N-ethyl adjacent to an activating group) is 1. The number of benzene rings is 1. The lowest BCUT2D eigenvalue weighted by atomic mass is 10.0. The lowest BCUT2D eigenvalue weighted by Gasteiger charge is -2.26. The van der Waals surface area contributed by atoms with E-state index in [0.717, 1.165) is 68.2 Å². The molecule has 1 saturated heterocycles. The van der Waals surface area contributed by atoms with Crippen molar-refractivity contribution < 1.29 is 9.18 Å². The van der Waals surface area contributed by atoms with E-state index >= 15 is 0 Å². The normalized spacial score (nSPS) is 18.8. The number of anilines is 1. The predicted molar refractivity (Wildman–Crippen MR) is 120 cm³/mol. The number of carbonyl (C=O) groups is 1. The Hall–Kier alpha value is -2.54. The van der Waals surface area contributed by atoms with Crippen LogP contribution in [0.15, 0.2) is 18.2 Å². The van der Waals surface area contributed by atoms with Gasteiger partial charge in [-0.2, -0.15) is 0 Å². The van der Waals surface area contributed by atoms with Gasteiger partial charge in [-0.3, -0.25) is 4.79 Å². The summed E-state index contributed by atoms with van der Waals surface area (Å²) in [6, 6.07) is 5.19. The molecule has 4 rings (SSSR count). The van der Waals surface area contributed by atoms with E-state index in [2.05, 4.69) is 17.3 Å². The first-order chi connectivity index (χ1) is 14.9. The van der Waals surface area contributed by atoms with Crippen LogP contribution in [0.4, 0.5) is 10.2 Å². The Bertz CT molecular complexity index is 963. The number of rotatable bonds is 6. The van der Waals surface area contributed by atoms with Gasteiger partial charge in [0, 0.05) is 51.1 Å². The van der Waals surface area contributed by atoms with Gasteiger partial charge in [-0.15, -0.1) is 0 Å². The summed E-state index contributed by atoms with van der Waals surface area (Å²) in [5.41, 5.74) is 4.08. The molecule has 2 aliphatic rings. The van der Waals surface area contributed by atoms with Gasteiger partial charge in [0.25, 0.3) is 0 Å². The Morgan fingerprint density at radius 3 is 2.90 bits per heavy atom. The van der Waals surface area contributed by atoms with Crippen molar-refractivity contribution in [2.24, 2.45) is 0 Å². The number of nitrogens with zero attached hydrogens (tertiary/aromatic N) is 4. The summed E-state index contributed by atoms with van der Waals surface area (Å²) in [4.78, 5) is 26.7. The molecule has 31 heavy (non-hydrogen) atoms. The first kappa shape index (κ1) is 21.7. The molecule has 3 heterocycles. The first-order valence-electron chi connectivity index (χ1n) is 11.2. The van der Waals surface area contributed by atoms with E-state index in [1.807, 2.05) is 24.1 Å².